The molecule has 1 N–H and O–H groups in total. The zero-order valence-corrected chi connectivity index (χ0v) is 14.7. The van der Waals surface area contributed by atoms with Gasteiger partial charge in [-0.25, -0.2) is 0 Å². The largest absolute Gasteiger partial charge is 0.300 e. The van der Waals surface area contributed by atoms with E-state index < -0.39 is 0 Å². The van der Waals surface area contributed by atoms with Gasteiger partial charge in [0.25, 0.3) is 0 Å². The Bertz CT molecular complexity index is 326. The van der Waals surface area contributed by atoms with Crippen LogP contribution in [0, 0.1) is 11.3 Å². The molecule has 1 aliphatic rings. The maximum Gasteiger partial charge on any atom is 0.103 e. The average Bonchev–Trinajstić information content (AvgIpc) is 2.47. The minimum Gasteiger partial charge on any atom is -0.300 e. The molecule has 1 rings (SSSR count). The summed E-state index contributed by atoms with van der Waals surface area (Å²) in [4.78, 5) is 5.05. The Morgan fingerprint density at radius 3 is 2.38 bits per heavy atom. The third-order valence-electron chi connectivity index (χ3n) is 4.85. The van der Waals surface area contributed by atoms with Gasteiger partial charge in [0.05, 0.1) is 6.07 Å². The Labute approximate surface area is 131 Å². The Hall–Kier alpha value is -0.630. The summed E-state index contributed by atoms with van der Waals surface area (Å²) in [5.74, 6) is 0. The summed E-state index contributed by atoms with van der Waals surface area (Å²) in [6, 6.07) is 3.73. The molecule has 0 bridgehead atoms. The molecule has 0 amide bonds. The molecule has 0 radical (unpaired) electrons. The van der Waals surface area contributed by atoms with E-state index in [4.69, 9.17) is 0 Å². The summed E-state index contributed by atoms with van der Waals surface area (Å²) in [7, 11) is 2.23. The lowest BCUT2D eigenvalue weighted by Crippen LogP contribution is -2.54. The van der Waals surface area contributed by atoms with Crippen molar-refractivity contribution < 1.29 is 0 Å². The van der Waals surface area contributed by atoms with E-state index in [1.54, 1.807) is 0 Å². The number of unbranched alkanes of at least 4 members (excludes halogenated alkanes) is 1. The normalized spacial score (nSPS) is 27.2. The van der Waals surface area contributed by atoms with E-state index in [2.05, 4.69) is 49.0 Å². The van der Waals surface area contributed by atoms with Crippen LogP contribution in [0.5, 0.6) is 0 Å². The van der Waals surface area contributed by atoms with Crippen molar-refractivity contribution in [3.8, 4) is 6.07 Å². The van der Waals surface area contributed by atoms with E-state index in [9.17, 15) is 5.26 Å². The van der Waals surface area contributed by atoms with Gasteiger partial charge < -0.3 is 4.90 Å². The number of hydrogen-bond donors (Lipinski definition) is 1. The van der Waals surface area contributed by atoms with Crippen LogP contribution in [0.15, 0.2) is 0 Å². The molecule has 0 spiro atoms. The molecular formula is C17H34N4. The molecule has 1 heterocycles. The van der Waals surface area contributed by atoms with Crippen LogP contribution in [0.4, 0.5) is 0 Å². The second kappa shape index (κ2) is 8.73. The lowest BCUT2D eigenvalue weighted by molar-refractivity contribution is 0.0589. The fourth-order valence-electron chi connectivity index (χ4n) is 3.10. The third-order valence-corrected chi connectivity index (χ3v) is 4.85. The van der Waals surface area contributed by atoms with Crippen LogP contribution in [-0.2, 0) is 0 Å². The standard InChI is InChI=1S/C17H34N4/c1-6-10-19-17(4,14-18)9-7-8-11-21-12-15(2)20(5)16(3)13-21/h15-16,19H,6-13H2,1-5H3. The highest BCUT2D eigenvalue weighted by atomic mass is 15.3. The van der Waals surface area contributed by atoms with Crippen molar-refractivity contribution in [2.45, 2.75) is 71.0 Å². The predicted molar refractivity (Wildman–Crippen MR) is 89.3 cm³/mol. The number of likely N-dealkylation sites (N-methyl/N-ethyl adjacent to an activating group) is 1. The maximum atomic E-state index is 9.33. The van der Waals surface area contributed by atoms with Crippen molar-refractivity contribution >= 4 is 0 Å². The summed E-state index contributed by atoms with van der Waals surface area (Å²) in [6.07, 6.45) is 4.33. The molecule has 3 atom stereocenters. The average molecular weight is 294 g/mol. The fourth-order valence-corrected chi connectivity index (χ4v) is 3.10. The monoisotopic (exact) mass is 294 g/mol. The van der Waals surface area contributed by atoms with Crippen LogP contribution in [0.25, 0.3) is 0 Å². The number of nitrogens with one attached hydrogen (secondary N) is 1. The minimum atomic E-state index is -0.349. The lowest BCUT2D eigenvalue weighted by Gasteiger charge is -2.42. The molecule has 1 saturated heterocycles. The molecule has 4 heteroatoms. The molecule has 122 valence electrons. The van der Waals surface area contributed by atoms with E-state index in [0.717, 1.165) is 32.4 Å². The van der Waals surface area contributed by atoms with E-state index in [-0.39, 0.29) is 5.54 Å². The van der Waals surface area contributed by atoms with Crippen LogP contribution >= 0.6 is 0 Å². The molecule has 0 aromatic rings. The van der Waals surface area contributed by atoms with Crippen LogP contribution < -0.4 is 5.32 Å². The zero-order chi connectivity index (χ0) is 15.9. The SMILES string of the molecule is CCCNC(C)(C#N)CCCCN1CC(C)N(C)C(C)C1. The van der Waals surface area contributed by atoms with Gasteiger partial charge >= 0.3 is 0 Å². The highest BCUT2D eigenvalue weighted by Gasteiger charge is 2.26. The topological polar surface area (TPSA) is 42.3 Å². The van der Waals surface area contributed by atoms with Gasteiger partial charge in [-0.3, -0.25) is 10.2 Å². The van der Waals surface area contributed by atoms with Crippen LogP contribution in [-0.4, -0.2) is 60.6 Å². The van der Waals surface area contributed by atoms with Gasteiger partial charge in [0.1, 0.15) is 5.54 Å². The molecule has 0 aromatic carbocycles. The van der Waals surface area contributed by atoms with Crippen molar-refractivity contribution in [1.29, 1.82) is 5.26 Å². The molecule has 0 aromatic heterocycles. The summed E-state index contributed by atoms with van der Waals surface area (Å²) in [5.41, 5.74) is -0.349. The van der Waals surface area contributed by atoms with E-state index in [1.165, 1.54) is 19.5 Å². The van der Waals surface area contributed by atoms with Crippen molar-refractivity contribution in [2.24, 2.45) is 0 Å². The van der Waals surface area contributed by atoms with Crippen molar-refractivity contribution in [2.75, 3.05) is 33.2 Å². The van der Waals surface area contributed by atoms with Crippen molar-refractivity contribution in [3.05, 3.63) is 0 Å². The number of piperazine rings is 1. The first kappa shape index (κ1) is 18.4. The van der Waals surface area contributed by atoms with E-state index in [0.29, 0.717) is 12.1 Å². The highest BCUT2D eigenvalue weighted by molar-refractivity contribution is 5.03. The van der Waals surface area contributed by atoms with Gasteiger partial charge in [0, 0.05) is 25.2 Å². The summed E-state index contributed by atoms with van der Waals surface area (Å²) in [6.45, 7) is 13.2. The first-order valence-electron chi connectivity index (χ1n) is 8.52. The van der Waals surface area contributed by atoms with Crippen molar-refractivity contribution in [3.63, 3.8) is 0 Å². The zero-order valence-electron chi connectivity index (χ0n) is 14.7. The second-order valence-electron chi connectivity index (χ2n) is 6.95. The van der Waals surface area contributed by atoms with Gasteiger partial charge in [-0.15, -0.1) is 0 Å². The molecule has 21 heavy (non-hydrogen) atoms. The molecule has 0 saturated carbocycles. The molecular weight excluding hydrogens is 260 g/mol. The Balaban J connectivity index is 2.26. The van der Waals surface area contributed by atoms with Crippen molar-refractivity contribution in [1.82, 2.24) is 15.1 Å². The number of hydrogen-bond acceptors (Lipinski definition) is 4. The predicted octanol–water partition coefficient (Wildman–Crippen LogP) is 2.46. The van der Waals surface area contributed by atoms with E-state index in [1.807, 2.05) is 6.92 Å². The van der Waals surface area contributed by atoms with Gasteiger partial charge in [0.2, 0.25) is 0 Å². The smallest absolute Gasteiger partial charge is 0.103 e. The van der Waals surface area contributed by atoms with E-state index >= 15 is 0 Å². The van der Waals surface area contributed by atoms with Crippen LogP contribution in [0.3, 0.4) is 0 Å². The van der Waals surface area contributed by atoms with Crippen LogP contribution in [0.1, 0.15) is 53.4 Å². The van der Waals surface area contributed by atoms with Gasteiger partial charge in [-0.1, -0.05) is 6.92 Å². The summed E-state index contributed by atoms with van der Waals surface area (Å²) < 4.78 is 0. The second-order valence-corrected chi connectivity index (χ2v) is 6.95. The quantitative estimate of drug-likeness (QED) is 0.698. The molecule has 0 aliphatic carbocycles. The van der Waals surface area contributed by atoms with Gasteiger partial charge in [-0.2, -0.15) is 5.26 Å². The molecule has 1 aliphatic heterocycles. The molecule has 3 unspecified atom stereocenters. The Kier molecular flexibility index (Phi) is 7.65. The minimum absolute atomic E-state index is 0.349. The van der Waals surface area contributed by atoms with Gasteiger partial charge in [-0.05, 0) is 66.6 Å². The summed E-state index contributed by atoms with van der Waals surface area (Å²) in [5, 5.41) is 12.7. The molecule has 4 nitrogen and oxygen atoms in total. The maximum absolute atomic E-state index is 9.33. The number of rotatable bonds is 8. The fraction of sp³-hybridized carbons (Fsp3) is 0.941. The number of nitrogens with zero attached hydrogens (tertiary/aromatic N) is 3. The summed E-state index contributed by atoms with van der Waals surface area (Å²) >= 11 is 0. The third kappa shape index (κ3) is 5.94. The highest BCUT2D eigenvalue weighted by Crippen LogP contribution is 2.16. The van der Waals surface area contributed by atoms with Crippen LogP contribution in [0.2, 0.25) is 0 Å². The Morgan fingerprint density at radius 1 is 1.24 bits per heavy atom. The van der Waals surface area contributed by atoms with Gasteiger partial charge in [0.15, 0.2) is 0 Å². The molecule has 1 fully saturated rings. The Morgan fingerprint density at radius 2 is 1.86 bits per heavy atom. The first-order chi connectivity index (χ1) is 9.91. The first-order valence-corrected chi connectivity index (χ1v) is 8.52. The number of nitriles is 1. The lowest BCUT2D eigenvalue weighted by atomic mass is 9.96.